The van der Waals surface area contributed by atoms with Crippen LogP contribution in [0.25, 0.3) is 10.8 Å². The molecule has 0 amide bonds. The van der Waals surface area contributed by atoms with Crippen LogP contribution in [-0.4, -0.2) is 10.8 Å². The first-order valence-electron chi connectivity index (χ1n) is 6.44. The molecular weight excluding hydrogens is 286 g/mol. The standard InChI is InChI=1S/C16H13NO3S/c1-11(18)12-4-6-14(7-5-12)20-9-13-10-21-16(17-13)15-3-2-8-19-15/h2-8,10H,9H2,1H3. The lowest BCUT2D eigenvalue weighted by Crippen LogP contribution is -1.97. The van der Waals surface area contributed by atoms with E-state index in [2.05, 4.69) is 4.98 Å². The first kappa shape index (κ1) is 13.6. The average Bonchev–Trinajstić information content (AvgIpc) is 3.16. The highest BCUT2D eigenvalue weighted by Gasteiger charge is 2.07. The molecule has 5 heteroatoms. The molecule has 0 N–H and O–H groups in total. The van der Waals surface area contributed by atoms with E-state index in [1.54, 1.807) is 37.5 Å². The van der Waals surface area contributed by atoms with Gasteiger partial charge in [-0.3, -0.25) is 4.79 Å². The van der Waals surface area contributed by atoms with Gasteiger partial charge in [-0.2, -0.15) is 0 Å². The molecule has 0 spiro atoms. The summed E-state index contributed by atoms with van der Waals surface area (Å²) in [7, 11) is 0. The molecule has 0 fully saturated rings. The third-order valence-corrected chi connectivity index (χ3v) is 3.84. The number of furan rings is 1. The van der Waals surface area contributed by atoms with Crippen LogP contribution in [0.1, 0.15) is 23.0 Å². The van der Waals surface area contributed by atoms with Gasteiger partial charge in [0.25, 0.3) is 0 Å². The first-order chi connectivity index (χ1) is 10.2. The molecule has 0 aliphatic carbocycles. The van der Waals surface area contributed by atoms with Crippen molar-refractivity contribution >= 4 is 17.1 Å². The summed E-state index contributed by atoms with van der Waals surface area (Å²) in [5.41, 5.74) is 1.53. The van der Waals surface area contributed by atoms with Crippen molar-refractivity contribution < 1.29 is 13.9 Å². The second-order valence-corrected chi connectivity index (χ2v) is 5.35. The Morgan fingerprint density at radius 2 is 2.10 bits per heavy atom. The Morgan fingerprint density at radius 1 is 1.29 bits per heavy atom. The number of ether oxygens (including phenoxy) is 1. The molecule has 0 saturated carbocycles. The van der Waals surface area contributed by atoms with Crippen LogP contribution in [-0.2, 0) is 6.61 Å². The van der Waals surface area contributed by atoms with Crippen molar-refractivity contribution in [3.8, 4) is 16.5 Å². The summed E-state index contributed by atoms with van der Waals surface area (Å²) in [6, 6.07) is 10.8. The van der Waals surface area contributed by atoms with Crippen LogP contribution in [0.5, 0.6) is 5.75 Å². The predicted octanol–water partition coefficient (Wildman–Crippen LogP) is 4.18. The van der Waals surface area contributed by atoms with Gasteiger partial charge in [0, 0.05) is 10.9 Å². The highest BCUT2D eigenvalue weighted by atomic mass is 32.1. The zero-order valence-electron chi connectivity index (χ0n) is 11.4. The highest BCUT2D eigenvalue weighted by Crippen LogP contribution is 2.24. The number of Topliss-reactive ketones (excluding diaryl/α,β-unsaturated/α-hetero) is 1. The molecule has 1 aromatic carbocycles. The molecule has 0 unspecified atom stereocenters. The Kier molecular flexibility index (Phi) is 3.83. The van der Waals surface area contributed by atoms with Gasteiger partial charge in [-0.25, -0.2) is 4.98 Å². The first-order valence-corrected chi connectivity index (χ1v) is 7.32. The zero-order valence-corrected chi connectivity index (χ0v) is 12.2. The molecule has 2 aromatic heterocycles. The van der Waals surface area contributed by atoms with Gasteiger partial charge in [0.2, 0.25) is 0 Å². The zero-order chi connectivity index (χ0) is 14.7. The Morgan fingerprint density at radius 3 is 2.76 bits per heavy atom. The second kappa shape index (κ2) is 5.93. The molecule has 0 saturated heterocycles. The lowest BCUT2D eigenvalue weighted by molar-refractivity contribution is 0.101. The normalized spacial score (nSPS) is 10.5. The summed E-state index contributed by atoms with van der Waals surface area (Å²) in [6.45, 7) is 1.93. The largest absolute Gasteiger partial charge is 0.487 e. The fourth-order valence-electron chi connectivity index (χ4n) is 1.83. The van der Waals surface area contributed by atoms with Crippen molar-refractivity contribution in [1.82, 2.24) is 4.98 Å². The summed E-state index contributed by atoms with van der Waals surface area (Å²) >= 11 is 1.52. The molecule has 3 aromatic rings. The smallest absolute Gasteiger partial charge is 0.162 e. The van der Waals surface area contributed by atoms with E-state index in [9.17, 15) is 4.79 Å². The van der Waals surface area contributed by atoms with Crippen molar-refractivity contribution in [2.24, 2.45) is 0 Å². The maximum atomic E-state index is 11.2. The van der Waals surface area contributed by atoms with E-state index in [4.69, 9.17) is 9.15 Å². The lowest BCUT2D eigenvalue weighted by Gasteiger charge is -2.04. The van der Waals surface area contributed by atoms with Gasteiger partial charge in [-0.15, -0.1) is 11.3 Å². The molecule has 0 aliphatic rings. The third-order valence-electron chi connectivity index (χ3n) is 2.93. The van der Waals surface area contributed by atoms with Crippen molar-refractivity contribution in [1.29, 1.82) is 0 Å². The van der Waals surface area contributed by atoms with Gasteiger partial charge in [-0.1, -0.05) is 0 Å². The summed E-state index contributed by atoms with van der Waals surface area (Å²) in [6.07, 6.45) is 1.63. The van der Waals surface area contributed by atoms with Crippen LogP contribution in [0.4, 0.5) is 0 Å². The molecule has 0 radical (unpaired) electrons. The molecule has 4 nitrogen and oxygen atoms in total. The van der Waals surface area contributed by atoms with Crippen molar-refractivity contribution in [3.63, 3.8) is 0 Å². The second-order valence-electron chi connectivity index (χ2n) is 4.49. The van der Waals surface area contributed by atoms with E-state index in [0.29, 0.717) is 17.9 Å². The van der Waals surface area contributed by atoms with Crippen LogP contribution in [0.15, 0.2) is 52.5 Å². The van der Waals surface area contributed by atoms with Gasteiger partial charge in [0.15, 0.2) is 16.6 Å². The van der Waals surface area contributed by atoms with E-state index in [1.165, 1.54) is 11.3 Å². The van der Waals surface area contributed by atoms with E-state index < -0.39 is 0 Å². The minimum absolute atomic E-state index is 0.0455. The maximum Gasteiger partial charge on any atom is 0.162 e. The number of carbonyl (C=O) groups excluding carboxylic acids is 1. The van der Waals surface area contributed by atoms with Gasteiger partial charge in [0.1, 0.15) is 12.4 Å². The molecule has 2 heterocycles. The number of benzene rings is 1. The summed E-state index contributed by atoms with van der Waals surface area (Å²) in [5.74, 6) is 1.52. The Labute approximate surface area is 126 Å². The number of rotatable bonds is 5. The summed E-state index contributed by atoms with van der Waals surface area (Å²) < 4.78 is 11.0. The Bertz CT molecular complexity index is 729. The molecular formula is C16H13NO3S. The topological polar surface area (TPSA) is 52.3 Å². The van der Waals surface area contributed by atoms with E-state index in [-0.39, 0.29) is 5.78 Å². The number of carbonyl (C=O) groups is 1. The number of aromatic nitrogens is 1. The summed E-state index contributed by atoms with van der Waals surface area (Å²) in [5, 5.41) is 2.78. The maximum absolute atomic E-state index is 11.2. The van der Waals surface area contributed by atoms with Crippen molar-refractivity contribution in [3.05, 3.63) is 59.3 Å². The van der Waals surface area contributed by atoms with Crippen LogP contribution < -0.4 is 4.74 Å². The molecule has 3 rings (SSSR count). The minimum Gasteiger partial charge on any atom is -0.487 e. The molecule has 21 heavy (non-hydrogen) atoms. The third kappa shape index (κ3) is 3.20. The predicted molar refractivity (Wildman–Crippen MR) is 80.6 cm³/mol. The quantitative estimate of drug-likeness (QED) is 0.663. The number of hydrogen-bond donors (Lipinski definition) is 0. The summed E-state index contributed by atoms with van der Waals surface area (Å²) in [4.78, 5) is 15.7. The molecule has 0 atom stereocenters. The number of hydrogen-bond acceptors (Lipinski definition) is 5. The average molecular weight is 299 g/mol. The monoisotopic (exact) mass is 299 g/mol. The van der Waals surface area contributed by atoms with Crippen LogP contribution in [0.2, 0.25) is 0 Å². The van der Waals surface area contributed by atoms with Crippen LogP contribution in [0.3, 0.4) is 0 Å². The van der Waals surface area contributed by atoms with Crippen LogP contribution >= 0.6 is 11.3 Å². The fourth-order valence-corrected chi connectivity index (χ4v) is 2.60. The minimum atomic E-state index is 0.0455. The van der Waals surface area contributed by atoms with Gasteiger partial charge >= 0.3 is 0 Å². The fraction of sp³-hybridized carbons (Fsp3) is 0.125. The Balaban J connectivity index is 1.64. The van der Waals surface area contributed by atoms with Crippen molar-refractivity contribution in [2.75, 3.05) is 0 Å². The Hall–Kier alpha value is -2.40. The van der Waals surface area contributed by atoms with Gasteiger partial charge in [-0.05, 0) is 43.3 Å². The number of thiazole rings is 1. The molecule has 0 bridgehead atoms. The van der Waals surface area contributed by atoms with Gasteiger partial charge in [0.05, 0.1) is 12.0 Å². The lowest BCUT2D eigenvalue weighted by atomic mass is 10.1. The van der Waals surface area contributed by atoms with Crippen LogP contribution in [0, 0.1) is 0 Å². The highest BCUT2D eigenvalue weighted by molar-refractivity contribution is 7.13. The van der Waals surface area contributed by atoms with E-state index >= 15 is 0 Å². The molecule has 0 aliphatic heterocycles. The van der Waals surface area contributed by atoms with Crippen molar-refractivity contribution in [2.45, 2.75) is 13.5 Å². The van der Waals surface area contributed by atoms with E-state index in [1.807, 2.05) is 17.5 Å². The number of ketones is 1. The number of nitrogens with zero attached hydrogens (tertiary/aromatic N) is 1. The molecule has 106 valence electrons. The van der Waals surface area contributed by atoms with E-state index in [0.717, 1.165) is 16.5 Å². The SMILES string of the molecule is CC(=O)c1ccc(OCc2csc(-c3ccco3)n2)cc1. The van der Waals surface area contributed by atoms with Gasteiger partial charge < -0.3 is 9.15 Å².